The standard InChI is InChI=1S/C14H23BrOS/c1-10(8-14(2,3)4)5-12(16)7-13-6-11(15)9-17-13/h6,9-10,12,16H,5,7-8H2,1-4H3. The van der Waals surface area contributed by atoms with Crippen LogP contribution in [0.25, 0.3) is 0 Å². The largest absolute Gasteiger partial charge is 0.393 e. The molecule has 0 aliphatic carbocycles. The first-order valence-corrected chi connectivity index (χ1v) is 7.84. The summed E-state index contributed by atoms with van der Waals surface area (Å²) in [4.78, 5) is 1.26. The molecule has 1 rings (SSSR count). The first-order valence-electron chi connectivity index (χ1n) is 6.17. The van der Waals surface area contributed by atoms with Crippen molar-refractivity contribution in [3.8, 4) is 0 Å². The molecule has 0 saturated carbocycles. The van der Waals surface area contributed by atoms with Crippen molar-refractivity contribution in [3.63, 3.8) is 0 Å². The molecule has 2 atom stereocenters. The highest BCUT2D eigenvalue weighted by molar-refractivity contribution is 9.10. The first-order chi connectivity index (χ1) is 7.76. The number of hydrogen-bond acceptors (Lipinski definition) is 2. The molecule has 0 radical (unpaired) electrons. The Labute approximate surface area is 117 Å². The van der Waals surface area contributed by atoms with E-state index in [1.807, 2.05) is 0 Å². The van der Waals surface area contributed by atoms with Gasteiger partial charge in [0.15, 0.2) is 0 Å². The number of aliphatic hydroxyl groups is 1. The highest BCUT2D eigenvalue weighted by atomic mass is 79.9. The minimum Gasteiger partial charge on any atom is -0.393 e. The molecule has 2 unspecified atom stereocenters. The lowest BCUT2D eigenvalue weighted by molar-refractivity contribution is 0.133. The smallest absolute Gasteiger partial charge is 0.0591 e. The predicted molar refractivity (Wildman–Crippen MR) is 79.6 cm³/mol. The molecule has 0 bridgehead atoms. The van der Waals surface area contributed by atoms with Crippen molar-refractivity contribution in [3.05, 3.63) is 20.8 Å². The maximum Gasteiger partial charge on any atom is 0.0591 e. The molecule has 0 saturated heterocycles. The molecule has 1 aromatic heterocycles. The van der Waals surface area contributed by atoms with Crippen LogP contribution in [0, 0.1) is 11.3 Å². The summed E-state index contributed by atoms with van der Waals surface area (Å²) in [5.41, 5.74) is 0.352. The molecule has 3 heteroatoms. The summed E-state index contributed by atoms with van der Waals surface area (Å²) in [5, 5.41) is 12.1. The third-order valence-electron chi connectivity index (χ3n) is 2.69. The van der Waals surface area contributed by atoms with Gasteiger partial charge < -0.3 is 5.11 Å². The molecule has 1 N–H and O–H groups in total. The molecule has 1 heterocycles. The van der Waals surface area contributed by atoms with Crippen molar-refractivity contribution >= 4 is 27.3 Å². The van der Waals surface area contributed by atoms with Gasteiger partial charge in [-0.05, 0) is 46.2 Å². The average Bonchev–Trinajstić information content (AvgIpc) is 2.46. The van der Waals surface area contributed by atoms with Crippen LogP contribution in [0.4, 0.5) is 0 Å². The molecule has 17 heavy (non-hydrogen) atoms. The Hall–Kier alpha value is 0.140. The Kier molecular flexibility index (Phi) is 5.68. The fourth-order valence-corrected chi connectivity index (χ4v) is 3.89. The number of aliphatic hydroxyl groups excluding tert-OH is 1. The average molecular weight is 319 g/mol. The van der Waals surface area contributed by atoms with E-state index in [0.29, 0.717) is 11.3 Å². The van der Waals surface area contributed by atoms with Crippen molar-refractivity contribution < 1.29 is 5.11 Å². The number of hydrogen-bond donors (Lipinski definition) is 1. The summed E-state index contributed by atoms with van der Waals surface area (Å²) in [6, 6.07) is 2.10. The third-order valence-corrected chi connectivity index (χ3v) is 4.41. The first kappa shape index (κ1) is 15.2. The fraction of sp³-hybridized carbons (Fsp3) is 0.714. The summed E-state index contributed by atoms with van der Waals surface area (Å²) in [6.45, 7) is 9.00. The van der Waals surface area contributed by atoms with E-state index in [9.17, 15) is 5.11 Å². The lowest BCUT2D eigenvalue weighted by Crippen LogP contribution is -2.18. The van der Waals surface area contributed by atoms with Gasteiger partial charge in [0.2, 0.25) is 0 Å². The molecule has 0 aliphatic rings. The van der Waals surface area contributed by atoms with E-state index in [1.54, 1.807) is 11.3 Å². The second kappa shape index (κ2) is 6.35. The van der Waals surface area contributed by atoms with Crippen LogP contribution >= 0.6 is 27.3 Å². The summed E-state index contributed by atoms with van der Waals surface area (Å²) < 4.78 is 1.12. The second-order valence-corrected chi connectivity index (χ2v) is 8.11. The van der Waals surface area contributed by atoms with E-state index in [4.69, 9.17) is 0 Å². The Bertz CT molecular complexity index is 340. The molecule has 1 aromatic rings. The molecule has 0 fully saturated rings. The van der Waals surface area contributed by atoms with Crippen LogP contribution in [-0.4, -0.2) is 11.2 Å². The molecule has 0 amide bonds. The topological polar surface area (TPSA) is 20.2 Å². The van der Waals surface area contributed by atoms with Crippen LogP contribution in [0.2, 0.25) is 0 Å². The number of thiophene rings is 1. The van der Waals surface area contributed by atoms with Crippen LogP contribution in [0.1, 0.15) is 45.4 Å². The summed E-state index contributed by atoms with van der Waals surface area (Å²) in [7, 11) is 0. The van der Waals surface area contributed by atoms with E-state index in [2.05, 4.69) is 55.1 Å². The normalized spacial score (nSPS) is 15.9. The van der Waals surface area contributed by atoms with Crippen molar-refractivity contribution in [2.45, 2.75) is 53.1 Å². The summed E-state index contributed by atoms with van der Waals surface area (Å²) in [5.74, 6) is 0.577. The lowest BCUT2D eigenvalue weighted by Gasteiger charge is -2.24. The van der Waals surface area contributed by atoms with Gasteiger partial charge in [-0.1, -0.05) is 27.7 Å². The van der Waals surface area contributed by atoms with Gasteiger partial charge in [0.1, 0.15) is 0 Å². The van der Waals surface area contributed by atoms with Crippen molar-refractivity contribution in [2.24, 2.45) is 11.3 Å². The second-order valence-electron chi connectivity index (χ2n) is 6.19. The van der Waals surface area contributed by atoms with Gasteiger partial charge in [-0.15, -0.1) is 11.3 Å². The van der Waals surface area contributed by atoms with Gasteiger partial charge in [-0.25, -0.2) is 0 Å². The molecule has 0 aromatic carbocycles. The minimum absolute atomic E-state index is 0.210. The van der Waals surface area contributed by atoms with Gasteiger partial charge in [0.05, 0.1) is 6.10 Å². The molecule has 0 aliphatic heterocycles. The maximum absolute atomic E-state index is 10.1. The number of rotatable bonds is 5. The molecular weight excluding hydrogens is 296 g/mol. The highest BCUT2D eigenvalue weighted by Crippen LogP contribution is 2.28. The minimum atomic E-state index is -0.210. The Morgan fingerprint density at radius 1 is 1.41 bits per heavy atom. The van der Waals surface area contributed by atoms with Crippen molar-refractivity contribution in [1.82, 2.24) is 0 Å². The van der Waals surface area contributed by atoms with E-state index in [1.165, 1.54) is 4.88 Å². The van der Waals surface area contributed by atoms with Gasteiger partial charge in [-0.2, -0.15) is 0 Å². The zero-order chi connectivity index (χ0) is 13.1. The summed E-state index contributed by atoms with van der Waals surface area (Å²) >= 11 is 5.15. The SMILES string of the molecule is CC(CC(O)Cc1cc(Br)cs1)CC(C)(C)C. The monoisotopic (exact) mass is 318 g/mol. The van der Waals surface area contributed by atoms with Gasteiger partial charge in [0.25, 0.3) is 0 Å². The number of halogens is 1. The quantitative estimate of drug-likeness (QED) is 0.820. The van der Waals surface area contributed by atoms with Crippen LogP contribution in [0.3, 0.4) is 0 Å². The van der Waals surface area contributed by atoms with Crippen molar-refractivity contribution in [1.29, 1.82) is 0 Å². The van der Waals surface area contributed by atoms with E-state index < -0.39 is 0 Å². The van der Waals surface area contributed by atoms with Crippen LogP contribution in [0.15, 0.2) is 15.9 Å². The third kappa shape index (κ3) is 6.58. The fourth-order valence-electron chi connectivity index (χ4n) is 2.37. The van der Waals surface area contributed by atoms with E-state index in [-0.39, 0.29) is 6.10 Å². The van der Waals surface area contributed by atoms with Crippen molar-refractivity contribution in [2.75, 3.05) is 0 Å². The Morgan fingerprint density at radius 2 is 2.06 bits per heavy atom. The highest BCUT2D eigenvalue weighted by Gasteiger charge is 2.18. The van der Waals surface area contributed by atoms with Crippen LogP contribution in [0.5, 0.6) is 0 Å². The van der Waals surface area contributed by atoms with Crippen LogP contribution < -0.4 is 0 Å². The molecule has 98 valence electrons. The summed E-state index contributed by atoms with van der Waals surface area (Å²) in [6.07, 6.45) is 2.63. The lowest BCUT2D eigenvalue weighted by atomic mass is 9.83. The molecule has 1 nitrogen and oxygen atoms in total. The zero-order valence-corrected chi connectivity index (χ0v) is 13.6. The van der Waals surface area contributed by atoms with E-state index in [0.717, 1.165) is 23.7 Å². The maximum atomic E-state index is 10.1. The molecule has 0 spiro atoms. The van der Waals surface area contributed by atoms with Gasteiger partial charge in [0, 0.05) is 21.2 Å². The molecular formula is C14H23BrOS. The van der Waals surface area contributed by atoms with Gasteiger partial charge >= 0.3 is 0 Å². The Balaban J connectivity index is 2.36. The predicted octanol–water partition coefficient (Wildman–Crippen LogP) is 4.88. The van der Waals surface area contributed by atoms with Crippen LogP contribution in [-0.2, 0) is 6.42 Å². The Morgan fingerprint density at radius 3 is 2.53 bits per heavy atom. The van der Waals surface area contributed by atoms with Gasteiger partial charge in [-0.3, -0.25) is 0 Å². The van der Waals surface area contributed by atoms with E-state index >= 15 is 0 Å². The zero-order valence-electron chi connectivity index (χ0n) is 11.2.